The molecule has 0 amide bonds. The van der Waals surface area contributed by atoms with Crippen molar-refractivity contribution in [2.24, 2.45) is 0 Å². The molecule has 1 aliphatic heterocycles. The molecule has 0 radical (unpaired) electrons. The number of rotatable bonds is 4. The smallest absolute Gasteiger partial charge is 0.231 e. The van der Waals surface area contributed by atoms with Crippen molar-refractivity contribution in [1.29, 1.82) is 0 Å². The van der Waals surface area contributed by atoms with Crippen molar-refractivity contribution in [3.05, 3.63) is 0 Å². The number of hydrogen-bond donors (Lipinski definition) is 1. The number of nitrogens with zero attached hydrogens (tertiary/aromatic N) is 4. The van der Waals surface area contributed by atoms with Crippen LogP contribution in [-0.4, -0.2) is 52.0 Å². The van der Waals surface area contributed by atoms with E-state index < -0.39 is 0 Å². The lowest BCUT2D eigenvalue weighted by atomic mass is 10.1. The zero-order valence-corrected chi connectivity index (χ0v) is 14.3. The van der Waals surface area contributed by atoms with Crippen molar-refractivity contribution in [2.45, 2.75) is 50.6 Å². The topological polar surface area (TPSA) is 63.2 Å². The van der Waals surface area contributed by atoms with Crippen molar-refractivity contribution in [1.82, 2.24) is 15.0 Å². The lowest BCUT2D eigenvalue weighted by molar-refractivity contribution is 0.122. The molecule has 1 saturated heterocycles. The number of hydrogen-bond acceptors (Lipinski definition) is 7. The molecule has 0 bridgehead atoms. The van der Waals surface area contributed by atoms with Gasteiger partial charge in [-0.3, -0.25) is 0 Å². The quantitative estimate of drug-likeness (QED) is 0.857. The maximum Gasteiger partial charge on any atom is 0.231 e. The fourth-order valence-electron chi connectivity index (χ4n) is 1.91. The summed E-state index contributed by atoms with van der Waals surface area (Å²) >= 11 is 1.66. The van der Waals surface area contributed by atoms with Crippen LogP contribution in [0.1, 0.15) is 34.6 Å². The summed E-state index contributed by atoms with van der Waals surface area (Å²) in [4.78, 5) is 15.9. The van der Waals surface area contributed by atoms with Gasteiger partial charge in [0.25, 0.3) is 0 Å². The summed E-state index contributed by atoms with van der Waals surface area (Å²) in [6.07, 6.45) is 0. The van der Waals surface area contributed by atoms with E-state index in [9.17, 15) is 0 Å². The number of thioether (sulfide) groups is 1. The highest BCUT2D eigenvalue weighted by Crippen LogP contribution is 2.23. The number of aromatic nitrogens is 3. The van der Waals surface area contributed by atoms with Crippen LogP contribution < -0.4 is 10.2 Å². The van der Waals surface area contributed by atoms with Crippen LogP contribution in [0.4, 0.5) is 11.9 Å². The molecule has 0 atom stereocenters. The molecule has 2 rings (SSSR count). The van der Waals surface area contributed by atoms with Gasteiger partial charge in [0.05, 0.1) is 13.2 Å². The Bertz CT molecular complexity index is 469. The van der Waals surface area contributed by atoms with Crippen molar-refractivity contribution >= 4 is 23.7 Å². The summed E-state index contributed by atoms with van der Waals surface area (Å²) in [6.45, 7) is 13.7. The van der Waals surface area contributed by atoms with Gasteiger partial charge in [-0.25, -0.2) is 0 Å². The van der Waals surface area contributed by atoms with Crippen LogP contribution in [-0.2, 0) is 4.74 Å². The Balaban J connectivity index is 2.27. The summed E-state index contributed by atoms with van der Waals surface area (Å²) in [7, 11) is 0. The number of anilines is 2. The van der Waals surface area contributed by atoms with Crippen molar-refractivity contribution in [3.8, 4) is 0 Å². The summed E-state index contributed by atoms with van der Waals surface area (Å²) in [6, 6.07) is 0. The fourth-order valence-corrected chi connectivity index (χ4v) is 2.60. The second kappa shape index (κ2) is 6.79. The third kappa shape index (κ3) is 5.32. The predicted octanol–water partition coefficient (Wildman–Crippen LogP) is 2.42. The van der Waals surface area contributed by atoms with E-state index in [-0.39, 0.29) is 5.54 Å². The Morgan fingerprint density at radius 3 is 2.38 bits per heavy atom. The van der Waals surface area contributed by atoms with Crippen LogP contribution in [0.25, 0.3) is 0 Å². The van der Waals surface area contributed by atoms with Crippen LogP contribution in [0.2, 0.25) is 0 Å². The Morgan fingerprint density at radius 2 is 1.81 bits per heavy atom. The lowest BCUT2D eigenvalue weighted by Crippen LogP contribution is -2.38. The first-order valence-electron chi connectivity index (χ1n) is 7.37. The Labute approximate surface area is 131 Å². The van der Waals surface area contributed by atoms with E-state index in [1.54, 1.807) is 11.8 Å². The molecule has 0 aromatic carbocycles. The molecule has 118 valence electrons. The van der Waals surface area contributed by atoms with Gasteiger partial charge in [-0.15, -0.1) is 0 Å². The zero-order chi connectivity index (χ0) is 15.5. The first-order valence-corrected chi connectivity index (χ1v) is 8.25. The standard InChI is InChI=1S/C14H25N5OS/c1-10(2)21-13-16-11(18-14(3,4)5)15-12(17-13)19-6-8-20-9-7-19/h10H,6-9H2,1-5H3,(H,15,16,17,18). The fraction of sp³-hybridized carbons (Fsp3) is 0.786. The minimum absolute atomic E-state index is 0.0800. The molecule has 1 aromatic heterocycles. The average molecular weight is 311 g/mol. The van der Waals surface area contributed by atoms with Crippen LogP contribution in [0.15, 0.2) is 5.16 Å². The van der Waals surface area contributed by atoms with Gasteiger partial charge in [0, 0.05) is 23.9 Å². The second-order valence-corrected chi connectivity index (χ2v) is 7.93. The maximum atomic E-state index is 5.39. The highest BCUT2D eigenvalue weighted by atomic mass is 32.2. The Kier molecular flexibility index (Phi) is 5.27. The molecule has 1 aromatic rings. The maximum absolute atomic E-state index is 5.39. The Hall–Kier alpha value is -1.08. The largest absolute Gasteiger partial charge is 0.378 e. The molecule has 7 heteroatoms. The molecule has 1 N–H and O–H groups in total. The monoisotopic (exact) mass is 311 g/mol. The van der Waals surface area contributed by atoms with Gasteiger partial charge >= 0.3 is 0 Å². The zero-order valence-electron chi connectivity index (χ0n) is 13.5. The minimum Gasteiger partial charge on any atom is -0.378 e. The van der Waals surface area contributed by atoms with E-state index in [1.165, 1.54) is 0 Å². The first-order chi connectivity index (χ1) is 9.83. The van der Waals surface area contributed by atoms with E-state index >= 15 is 0 Å². The lowest BCUT2D eigenvalue weighted by Gasteiger charge is -2.28. The van der Waals surface area contributed by atoms with Crippen LogP contribution in [0.3, 0.4) is 0 Å². The molecule has 0 unspecified atom stereocenters. The van der Waals surface area contributed by atoms with Gasteiger partial charge in [-0.1, -0.05) is 25.6 Å². The molecule has 1 aliphatic rings. The van der Waals surface area contributed by atoms with Gasteiger partial charge in [-0.05, 0) is 20.8 Å². The first kappa shape index (κ1) is 16.3. The third-order valence-electron chi connectivity index (χ3n) is 2.72. The van der Waals surface area contributed by atoms with Gasteiger partial charge in [-0.2, -0.15) is 15.0 Å². The van der Waals surface area contributed by atoms with Crippen LogP contribution in [0.5, 0.6) is 0 Å². The summed E-state index contributed by atoms with van der Waals surface area (Å²) < 4.78 is 5.39. The van der Waals surface area contributed by atoms with Gasteiger partial charge in [0.15, 0.2) is 5.16 Å². The molecule has 21 heavy (non-hydrogen) atoms. The van der Waals surface area contributed by atoms with Crippen molar-refractivity contribution in [3.63, 3.8) is 0 Å². The SMILES string of the molecule is CC(C)Sc1nc(NC(C)(C)C)nc(N2CCOCC2)n1. The second-order valence-electron chi connectivity index (χ2n) is 6.38. The molecule has 2 heterocycles. The van der Waals surface area contributed by atoms with E-state index in [0.29, 0.717) is 11.2 Å². The number of nitrogens with one attached hydrogen (secondary N) is 1. The molecular weight excluding hydrogens is 286 g/mol. The van der Waals surface area contributed by atoms with Gasteiger partial charge < -0.3 is 15.0 Å². The van der Waals surface area contributed by atoms with Gasteiger partial charge in [0.2, 0.25) is 11.9 Å². The molecule has 0 spiro atoms. The van der Waals surface area contributed by atoms with E-state index in [4.69, 9.17) is 4.74 Å². The molecular formula is C14H25N5OS. The van der Waals surface area contributed by atoms with Crippen LogP contribution >= 0.6 is 11.8 Å². The highest BCUT2D eigenvalue weighted by molar-refractivity contribution is 7.99. The highest BCUT2D eigenvalue weighted by Gasteiger charge is 2.19. The summed E-state index contributed by atoms with van der Waals surface area (Å²) in [5, 5.41) is 4.55. The number of ether oxygens (including phenoxy) is 1. The van der Waals surface area contributed by atoms with Crippen molar-refractivity contribution in [2.75, 3.05) is 36.5 Å². The van der Waals surface area contributed by atoms with E-state index in [1.807, 2.05) is 0 Å². The van der Waals surface area contributed by atoms with E-state index in [2.05, 4.69) is 59.8 Å². The predicted molar refractivity (Wildman–Crippen MR) is 87.2 cm³/mol. The van der Waals surface area contributed by atoms with Crippen molar-refractivity contribution < 1.29 is 4.74 Å². The molecule has 0 saturated carbocycles. The van der Waals surface area contributed by atoms with E-state index in [0.717, 1.165) is 37.4 Å². The normalized spacial score (nSPS) is 16.4. The molecule has 1 fully saturated rings. The number of morpholine rings is 1. The Morgan fingerprint density at radius 1 is 1.14 bits per heavy atom. The third-order valence-corrected chi connectivity index (χ3v) is 3.59. The minimum atomic E-state index is -0.0800. The average Bonchev–Trinajstić information content (AvgIpc) is 2.36. The van der Waals surface area contributed by atoms with Gasteiger partial charge in [0.1, 0.15) is 0 Å². The van der Waals surface area contributed by atoms with Crippen LogP contribution in [0, 0.1) is 0 Å². The summed E-state index contributed by atoms with van der Waals surface area (Å²) in [5.74, 6) is 1.38. The summed E-state index contributed by atoms with van der Waals surface area (Å²) in [5.41, 5.74) is -0.0800. The molecule has 0 aliphatic carbocycles. The molecule has 6 nitrogen and oxygen atoms in total.